The Bertz CT molecular complexity index is 1790. The van der Waals surface area contributed by atoms with Crippen LogP contribution in [0.15, 0.2) is 85.2 Å². The molecule has 41 heavy (non-hydrogen) atoms. The summed E-state index contributed by atoms with van der Waals surface area (Å²) in [6.45, 7) is 4.31. The second-order valence-corrected chi connectivity index (χ2v) is 9.61. The van der Waals surface area contributed by atoms with E-state index in [4.69, 9.17) is 9.84 Å². The van der Waals surface area contributed by atoms with Crippen molar-refractivity contribution >= 4 is 23.3 Å². The van der Waals surface area contributed by atoms with E-state index in [1.54, 1.807) is 41.2 Å². The molecule has 9 heteroatoms. The van der Waals surface area contributed by atoms with Gasteiger partial charge in [0.15, 0.2) is 5.65 Å². The summed E-state index contributed by atoms with van der Waals surface area (Å²) in [6, 6.07) is 22.1. The van der Waals surface area contributed by atoms with E-state index in [1.165, 1.54) is 0 Å². The fourth-order valence-electron chi connectivity index (χ4n) is 4.45. The number of carbonyl (C=O) groups excluding carboxylic acids is 2. The summed E-state index contributed by atoms with van der Waals surface area (Å²) in [5.74, 6) is 6.43. The lowest BCUT2D eigenvalue weighted by molar-refractivity contribution is 0.0303. The lowest BCUT2D eigenvalue weighted by Gasteiger charge is -2.26. The van der Waals surface area contributed by atoms with E-state index >= 15 is 0 Å². The molecule has 6 rings (SSSR count). The van der Waals surface area contributed by atoms with Crippen LogP contribution in [0.5, 0.6) is 0 Å². The van der Waals surface area contributed by atoms with Crippen LogP contribution in [0.2, 0.25) is 0 Å². The number of hydrogen-bond donors (Lipinski definition) is 1. The van der Waals surface area contributed by atoms with Crippen molar-refractivity contribution in [1.82, 2.24) is 24.5 Å². The molecule has 1 fully saturated rings. The number of ether oxygens (including phenoxy) is 1. The van der Waals surface area contributed by atoms with Crippen molar-refractivity contribution in [2.75, 3.05) is 31.6 Å². The molecule has 9 nitrogen and oxygen atoms in total. The third kappa shape index (κ3) is 5.83. The SMILES string of the molecule is Cc1ccc(C(=O)Nc2cc(C#Cc3cnc4ccc(-c5ccc(C(=O)N6CCOCC6)cc5)nn34)ccn2)cc1. The van der Waals surface area contributed by atoms with E-state index < -0.39 is 0 Å². The number of morpholine rings is 1. The predicted octanol–water partition coefficient (Wildman–Crippen LogP) is 4.22. The molecule has 0 saturated carbocycles. The third-order valence-corrected chi connectivity index (χ3v) is 6.74. The Labute approximate surface area is 236 Å². The average molecular weight is 543 g/mol. The number of aryl methyl sites for hydroxylation is 1. The zero-order chi connectivity index (χ0) is 28.2. The third-order valence-electron chi connectivity index (χ3n) is 6.74. The Hall–Kier alpha value is -5.33. The maximum atomic E-state index is 12.8. The maximum Gasteiger partial charge on any atom is 0.256 e. The molecule has 1 N–H and O–H groups in total. The van der Waals surface area contributed by atoms with Gasteiger partial charge in [0, 0.05) is 41.5 Å². The summed E-state index contributed by atoms with van der Waals surface area (Å²) in [4.78, 5) is 35.8. The van der Waals surface area contributed by atoms with Gasteiger partial charge in [-0.15, -0.1) is 0 Å². The molecule has 5 aromatic rings. The van der Waals surface area contributed by atoms with Crippen LogP contribution < -0.4 is 5.32 Å². The number of aromatic nitrogens is 4. The molecule has 0 bridgehead atoms. The molecule has 4 heterocycles. The highest BCUT2D eigenvalue weighted by atomic mass is 16.5. The topological polar surface area (TPSA) is 102 Å². The summed E-state index contributed by atoms with van der Waals surface area (Å²) in [6.07, 6.45) is 3.28. The Kier molecular flexibility index (Phi) is 7.22. The monoisotopic (exact) mass is 542 g/mol. The van der Waals surface area contributed by atoms with Crippen molar-refractivity contribution in [2.24, 2.45) is 0 Å². The van der Waals surface area contributed by atoms with Crippen LogP contribution in [-0.2, 0) is 4.74 Å². The normalized spacial score (nSPS) is 13.0. The van der Waals surface area contributed by atoms with Crippen LogP contribution in [0, 0.1) is 18.8 Å². The fraction of sp³-hybridized carbons (Fsp3) is 0.156. The van der Waals surface area contributed by atoms with Gasteiger partial charge >= 0.3 is 0 Å². The molecule has 0 spiro atoms. The minimum atomic E-state index is -0.236. The van der Waals surface area contributed by atoms with Crippen LogP contribution in [0.3, 0.4) is 0 Å². The second-order valence-electron chi connectivity index (χ2n) is 9.61. The number of fused-ring (bicyclic) bond motifs is 1. The van der Waals surface area contributed by atoms with Gasteiger partial charge in [0.1, 0.15) is 11.5 Å². The van der Waals surface area contributed by atoms with Gasteiger partial charge in [0.25, 0.3) is 11.8 Å². The Balaban J connectivity index is 1.20. The highest BCUT2D eigenvalue weighted by Gasteiger charge is 2.18. The number of anilines is 1. The Morgan fingerprint density at radius 1 is 0.878 bits per heavy atom. The summed E-state index contributed by atoms with van der Waals surface area (Å²) in [5.41, 5.74) is 5.85. The van der Waals surface area contributed by atoms with Crippen molar-refractivity contribution in [3.05, 3.63) is 113 Å². The fourth-order valence-corrected chi connectivity index (χ4v) is 4.45. The van der Waals surface area contributed by atoms with Gasteiger partial charge in [0.05, 0.1) is 25.1 Å². The quantitative estimate of drug-likeness (QED) is 0.341. The van der Waals surface area contributed by atoms with Gasteiger partial charge in [0.2, 0.25) is 0 Å². The van der Waals surface area contributed by atoms with Crippen LogP contribution in [0.4, 0.5) is 5.82 Å². The zero-order valence-electron chi connectivity index (χ0n) is 22.4. The van der Waals surface area contributed by atoms with Crippen LogP contribution >= 0.6 is 0 Å². The number of amides is 2. The van der Waals surface area contributed by atoms with Gasteiger partial charge in [-0.1, -0.05) is 35.7 Å². The number of hydrogen-bond acceptors (Lipinski definition) is 6. The van der Waals surface area contributed by atoms with Crippen LogP contribution in [0.25, 0.3) is 16.9 Å². The molecule has 1 aliphatic heterocycles. The van der Waals surface area contributed by atoms with Crippen molar-refractivity contribution < 1.29 is 14.3 Å². The summed E-state index contributed by atoms with van der Waals surface area (Å²) < 4.78 is 7.03. The van der Waals surface area contributed by atoms with Crippen LogP contribution in [0.1, 0.15) is 37.5 Å². The summed E-state index contributed by atoms with van der Waals surface area (Å²) >= 11 is 0. The van der Waals surface area contributed by atoms with Gasteiger partial charge in [-0.2, -0.15) is 5.10 Å². The highest BCUT2D eigenvalue weighted by molar-refractivity contribution is 6.03. The van der Waals surface area contributed by atoms with Crippen molar-refractivity contribution in [1.29, 1.82) is 0 Å². The molecule has 3 aromatic heterocycles. The summed E-state index contributed by atoms with van der Waals surface area (Å²) in [7, 11) is 0. The lowest BCUT2D eigenvalue weighted by Crippen LogP contribution is -2.40. The molecule has 0 unspecified atom stereocenters. The van der Waals surface area contributed by atoms with E-state index in [0.717, 1.165) is 16.8 Å². The number of pyridine rings is 1. The maximum absolute atomic E-state index is 12.8. The standard InChI is InChI=1S/C32H26N6O3/c1-22-2-5-25(6-3-22)31(39)35-29-20-23(14-15-33-29)4-11-27-21-34-30-13-12-28(36-38(27)30)24-7-9-26(10-8-24)32(40)37-16-18-41-19-17-37/h2-3,5-10,12-15,20-21H,16-19H2,1H3,(H,33,35,39). The Morgan fingerprint density at radius 3 is 2.41 bits per heavy atom. The number of carbonyl (C=O) groups is 2. The molecular weight excluding hydrogens is 516 g/mol. The minimum absolute atomic E-state index is 0.00409. The zero-order valence-corrected chi connectivity index (χ0v) is 22.4. The molecule has 0 radical (unpaired) electrons. The molecule has 1 aliphatic rings. The van der Waals surface area contributed by atoms with Gasteiger partial charge in [-0.3, -0.25) is 9.59 Å². The Morgan fingerprint density at radius 2 is 1.63 bits per heavy atom. The first-order valence-electron chi connectivity index (χ1n) is 13.2. The van der Waals surface area contributed by atoms with Crippen LogP contribution in [-0.4, -0.2) is 62.6 Å². The highest BCUT2D eigenvalue weighted by Crippen LogP contribution is 2.20. The molecule has 1 saturated heterocycles. The lowest BCUT2D eigenvalue weighted by atomic mass is 10.1. The van der Waals surface area contributed by atoms with Gasteiger partial charge < -0.3 is 15.0 Å². The van der Waals surface area contributed by atoms with E-state index in [-0.39, 0.29) is 11.8 Å². The second kappa shape index (κ2) is 11.4. The predicted molar refractivity (Wildman–Crippen MR) is 154 cm³/mol. The average Bonchev–Trinajstić information content (AvgIpc) is 3.43. The molecule has 0 atom stereocenters. The van der Waals surface area contributed by atoms with Crippen molar-refractivity contribution in [3.8, 4) is 23.1 Å². The largest absolute Gasteiger partial charge is 0.378 e. The molecule has 2 aromatic carbocycles. The molecular formula is C32H26N6O3. The number of imidazole rings is 1. The van der Waals surface area contributed by atoms with Crippen molar-refractivity contribution in [2.45, 2.75) is 6.92 Å². The smallest absolute Gasteiger partial charge is 0.256 e. The number of benzene rings is 2. The van der Waals surface area contributed by atoms with Crippen molar-refractivity contribution in [3.63, 3.8) is 0 Å². The van der Waals surface area contributed by atoms with E-state index in [9.17, 15) is 9.59 Å². The first-order chi connectivity index (χ1) is 20.0. The number of nitrogens with zero attached hydrogens (tertiary/aromatic N) is 5. The first-order valence-corrected chi connectivity index (χ1v) is 13.2. The molecule has 202 valence electrons. The van der Waals surface area contributed by atoms with E-state index in [0.29, 0.717) is 60.2 Å². The summed E-state index contributed by atoms with van der Waals surface area (Å²) in [5, 5.41) is 7.57. The number of rotatable bonds is 4. The molecule has 0 aliphatic carbocycles. The number of nitrogens with one attached hydrogen (secondary N) is 1. The van der Waals surface area contributed by atoms with E-state index in [1.807, 2.05) is 60.4 Å². The van der Waals surface area contributed by atoms with Gasteiger partial charge in [-0.05, 0) is 61.4 Å². The minimum Gasteiger partial charge on any atom is -0.378 e. The first kappa shape index (κ1) is 25.9. The van der Waals surface area contributed by atoms with Gasteiger partial charge in [-0.25, -0.2) is 14.5 Å². The van der Waals surface area contributed by atoms with E-state index in [2.05, 4.69) is 27.1 Å². The molecule has 2 amide bonds.